The van der Waals surface area contributed by atoms with Gasteiger partial charge < -0.3 is 15.5 Å². The highest BCUT2D eigenvalue weighted by molar-refractivity contribution is 6.08. The number of para-hydroxylation sites is 1. The third kappa shape index (κ3) is 3.20. The van der Waals surface area contributed by atoms with E-state index in [0.29, 0.717) is 5.56 Å². The zero-order chi connectivity index (χ0) is 14.5. The number of pyridine rings is 1. The van der Waals surface area contributed by atoms with Gasteiger partial charge in [0.2, 0.25) is 0 Å². The van der Waals surface area contributed by atoms with Crippen molar-refractivity contribution in [3.8, 4) is 0 Å². The van der Waals surface area contributed by atoms with E-state index in [1.165, 1.54) is 0 Å². The average molecular weight is 282 g/mol. The molecule has 1 aliphatic heterocycles. The standard InChI is InChI=1S/C16H18N4O/c21-16(19-13-5-7-17-8-6-13)14-3-1-2-4-15(14)20-11-9-18-10-12-20/h1-8,18H,9-12H2,(H,17,19,21). The Labute approximate surface area is 124 Å². The van der Waals surface area contributed by atoms with Crippen LogP contribution in [0.5, 0.6) is 0 Å². The van der Waals surface area contributed by atoms with Crippen molar-refractivity contribution in [2.24, 2.45) is 0 Å². The monoisotopic (exact) mass is 282 g/mol. The Morgan fingerprint density at radius 2 is 1.81 bits per heavy atom. The Hall–Kier alpha value is -2.40. The molecule has 1 aromatic heterocycles. The first-order valence-electron chi connectivity index (χ1n) is 7.11. The summed E-state index contributed by atoms with van der Waals surface area (Å²) in [4.78, 5) is 18.7. The van der Waals surface area contributed by atoms with E-state index in [2.05, 4.69) is 20.5 Å². The first-order valence-corrected chi connectivity index (χ1v) is 7.11. The maximum atomic E-state index is 12.5. The third-order valence-electron chi connectivity index (χ3n) is 3.54. The highest BCUT2D eigenvalue weighted by Crippen LogP contribution is 2.22. The van der Waals surface area contributed by atoms with Crippen molar-refractivity contribution in [1.29, 1.82) is 0 Å². The highest BCUT2D eigenvalue weighted by Gasteiger charge is 2.17. The number of piperazine rings is 1. The lowest BCUT2D eigenvalue weighted by Gasteiger charge is -2.30. The lowest BCUT2D eigenvalue weighted by Crippen LogP contribution is -2.44. The van der Waals surface area contributed by atoms with Crippen molar-refractivity contribution in [1.82, 2.24) is 10.3 Å². The number of nitrogens with zero attached hydrogens (tertiary/aromatic N) is 2. The number of rotatable bonds is 3. The summed E-state index contributed by atoms with van der Waals surface area (Å²) in [6, 6.07) is 11.3. The van der Waals surface area contributed by atoms with E-state index in [9.17, 15) is 4.79 Å². The Morgan fingerprint density at radius 3 is 2.57 bits per heavy atom. The van der Waals surface area contributed by atoms with Gasteiger partial charge in [0.1, 0.15) is 0 Å². The summed E-state index contributed by atoms with van der Waals surface area (Å²) in [6.45, 7) is 3.72. The van der Waals surface area contributed by atoms with Crippen LogP contribution in [0.2, 0.25) is 0 Å². The topological polar surface area (TPSA) is 57.3 Å². The Balaban J connectivity index is 1.82. The van der Waals surface area contributed by atoms with Crippen LogP contribution in [0.1, 0.15) is 10.4 Å². The summed E-state index contributed by atoms with van der Waals surface area (Å²) in [5.74, 6) is -0.0877. The molecule has 0 aliphatic carbocycles. The maximum absolute atomic E-state index is 12.5. The minimum Gasteiger partial charge on any atom is -0.368 e. The van der Waals surface area contributed by atoms with E-state index in [1.54, 1.807) is 24.5 Å². The number of hydrogen-bond acceptors (Lipinski definition) is 4. The molecule has 0 atom stereocenters. The lowest BCUT2D eigenvalue weighted by atomic mass is 10.1. The van der Waals surface area contributed by atoms with Gasteiger partial charge >= 0.3 is 0 Å². The van der Waals surface area contributed by atoms with E-state index < -0.39 is 0 Å². The van der Waals surface area contributed by atoms with Crippen molar-refractivity contribution >= 4 is 17.3 Å². The second kappa shape index (κ2) is 6.37. The number of benzene rings is 1. The molecule has 0 unspecified atom stereocenters. The van der Waals surface area contributed by atoms with Crippen molar-refractivity contribution in [2.75, 3.05) is 36.4 Å². The molecule has 3 rings (SSSR count). The molecule has 1 aliphatic rings. The maximum Gasteiger partial charge on any atom is 0.257 e. The molecule has 0 bridgehead atoms. The number of anilines is 2. The van der Waals surface area contributed by atoms with Crippen LogP contribution in [0, 0.1) is 0 Å². The SMILES string of the molecule is O=C(Nc1ccncc1)c1ccccc1N1CCNCC1. The molecule has 0 spiro atoms. The number of carbonyl (C=O) groups is 1. The van der Waals surface area contributed by atoms with Crippen LogP contribution >= 0.6 is 0 Å². The zero-order valence-corrected chi connectivity index (χ0v) is 11.7. The van der Waals surface area contributed by atoms with E-state index in [-0.39, 0.29) is 5.91 Å². The van der Waals surface area contributed by atoms with Gasteiger partial charge in [-0.3, -0.25) is 9.78 Å². The summed E-state index contributed by atoms with van der Waals surface area (Å²) in [7, 11) is 0. The van der Waals surface area contributed by atoms with Crippen molar-refractivity contribution in [3.63, 3.8) is 0 Å². The highest BCUT2D eigenvalue weighted by atomic mass is 16.1. The fourth-order valence-corrected chi connectivity index (χ4v) is 2.48. The largest absolute Gasteiger partial charge is 0.368 e. The first-order chi connectivity index (χ1) is 10.3. The third-order valence-corrected chi connectivity index (χ3v) is 3.54. The van der Waals surface area contributed by atoms with Gasteiger partial charge in [-0.1, -0.05) is 12.1 Å². The first kappa shape index (κ1) is 13.6. The molecule has 5 nitrogen and oxygen atoms in total. The number of aromatic nitrogens is 1. The van der Waals surface area contributed by atoms with Crippen molar-refractivity contribution in [3.05, 3.63) is 54.4 Å². The predicted octanol–water partition coefficient (Wildman–Crippen LogP) is 1.74. The van der Waals surface area contributed by atoms with Gasteiger partial charge in [-0.2, -0.15) is 0 Å². The number of amides is 1. The van der Waals surface area contributed by atoms with Gasteiger partial charge in [0.25, 0.3) is 5.91 Å². The smallest absolute Gasteiger partial charge is 0.257 e. The van der Waals surface area contributed by atoms with E-state index in [1.807, 2.05) is 24.3 Å². The number of hydrogen-bond donors (Lipinski definition) is 2. The van der Waals surface area contributed by atoms with Gasteiger partial charge in [-0.25, -0.2) is 0 Å². The van der Waals surface area contributed by atoms with Crippen LogP contribution in [0.25, 0.3) is 0 Å². The Morgan fingerprint density at radius 1 is 1.10 bits per heavy atom. The summed E-state index contributed by atoms with van der Waals surface area (Å²) in [5.41, 5.74) is 2.45. The minimum atomic E-state index is -0.0877. The second-order valence-corrected chi connectivity index (χ2v) is 4.94. The molecular formula is C16H18N4O. The molecule has 2 N–H and O–H groups in total. The molecule has 2 aromatic rings. The van der Waals surface area contributed by atoms with Gasteiger partial charge in [-0.05, 0) is 24.3 Å². The summed E-state index contributed by atoms with van der Waals surface area (Å²) in [6.07, 6.45) is 3.33. The predicted molar refractivity (Wildman–Crippen MR) is 83.7 cm³/mol. The molecule has 1 saturated heterocycles. The van der Waals surface area contributed by atoms with Crippen LogP contribution in [0.15, 0.2) is 48.8 Å². The quantitative estimate of drug-likeness (QED) is 0.900. The van der Waals surface area contributed by atoms with E-state index in [4.69, 9.17) is 0 Å². The Bertz CT molecular complexity index is 609. The molecular weight excluding hydrogens is 264 g/mol. The fourth-order valence-electron chi connectivity index (χ4n) is 2.48. The normalized spacial score (nSPS) is 14.8. The summed E-state index contributed by atoms with van der Waals surface area (Å²) >= 11 is 0. The zero-order valence-electron chi connectivity index (χ0n) is 11.7. The molecule has 1 fully saturated rings. The molecule has 0 radical (unpaired) electrons. The van der Waals surface area contributed by atoms with Crippen LogP contribution in [0.3, 0.4) is 0 Å². The molecule has 1 amide bonds. The Kier molecular flexibility index (Phi) is 4.12. The molecule has 0 saturated carbocycles. The minimum absolute atomic E-state index is 0.0877. The van der Waals surface area contributed by atoms with Gasteiger partial charge in [0, 0.05) is 49.9 Å². The van der Waals surface area contributed by atoms with Crippen LogP contribution in [0.4, 0.5) is 11.4 Å². The number of carbonyl (C=O) groups excluding carboxylic acids is 1. The average Bonchev–Trinajstić information content (AvgIpc) is 2.56. The van der Waals surface area contributed by atoms with E-state index in [0.717, 1.165) is 37.6 Å². The lowest BCUT2D eigenvalue weighted by molar-refractivity contribution is 0.102. The van der Waals surface area contributed by atoms with Crippen molar-refractivity contribution in [2.45, 2.75) is 0 Å². The van der Waals surface area contributed by atoms with E-state index >= 15 is 0 Å². The molecule has 108 valence electrons. The van der Waals surface area contributed by atoms with Crippen LogP contribution in [-0.4, -0.2) is 37.1 Å². The molecule has 5 heteroatoms. The second-order valence-electron chi connectivity index (χ2n) is 4.94. The van der Waals surface area contributed by atoms with Crippen molar-refractivity contribution < 1.29 is 4.79 Å². The van der Waals surface area contributed by atoms with Gasteiger partial charge in [0.05, 0.1) is 5.56 Å². The number of nitrogens with one attached hydrogen (secondary N) is 2. The fraction of sp³-hybridized carbons (Fsp3) is 0.250. The summed E-state index contributed by atoms with van der Waals surface area (Å²) in [5, 5.41) is 6.24. The molecule has 1 aromatic carbocycles. The molecule has 21 heavy (non-hydrogen) atoms. The van der Waals surface area contributed by atoms with Crippen LogP contribution in [-0.2, 0) is 0 Å². The molecule has 2 heterocycles. The summed E-state index contributed by atoms with van der Waals surface area (Å²) < 4.78 is 0. The van der Waals surface area contributed by atoms with Gasteiger partial charge in [-0.15, -0.1) is 0 Å². The van der Waals surface area contributed by atoms with Gasteiger partial charge in [0.15, 0.2) is 0 Å². The van der Waals surface area contributed by atoms with Crippen LogP contribution < -0.4 is 15.5 Å².